The lowest BCUT2D eigenvalue weighted by Crippen LogP contribution is -2.37. The largest absolute Gasteiger partial charge is 0.377 e. The van der Waals surface area contributed by atoms with E-state index in [1.165, 1.54) is 0 Å². The van der Waals surface area contributed by atoms with Gasteiger partial charge in [-0.25, -0.2) is 0 Å². The van der Waals surface area contributed by atoms with E-state index >= 15 is 0 Å². The predicted molar refractivity (Wildman–Crippen MR) is 66.9 cm³/mol. The number of rotatable bonds is 5. The van der Waals surface area contributed by atoms with Gasteiger partial charge in [0, 0.05) is 13.5 Å². The van der Waals surface area contributed by atoms with Crippen molar-refractivity contribution in [1.29, 1.82) is 0 Å². The Kier molecular flexibility index (Phi) is 5.40. The first-order valence-electron chi connectivity index (χ1n) is 6.44. The van der Waals surface area contributed by atoms with Crippen LogP contribution in [-0.2, 0) is 14.3 Å². The lowest BCUT2D eigenvalue weighted by atomic mass is 10.2. The third-order valence-corrected chi connectivity index (χ3v) is 2.87. The molecule has 1 rings (SSSR count). The second-order valence-electron chi connectivity index (χ2n) is 5.25. The third-order valence-electron chi connectivity index (χ3n) is 2.87. The SMILES string of the molecule is CC(=O)N1CC(OC(C)C)C[C@H]1COC(C)C. The van der Waals surface area contributed by atoms with E-state index in [9.17, 15) is 4.79 Å². The van der Waals surface area contributed by atoms with Gasteiger partial charge >= 0.3 is 0 Å². The summed E-state index contributed by atoms with van der Waals surface area (Å²) in [4.78, 5) is 13.4. The van der Waals surface area contributed by atoms with Crippen LogP contribution in [-0.4, -0.2) is 48.3 Å². The Labute approximate surface area is 104 Å². The van der Waals surface area contributed by atoms with Crippen LogP contribution >= 0.6 is 0 Å². The van der Waals surface area contributed by atoms with Crippen LogP contribution in [0.25, 0.3) is 0 Å². The quantitative estimate of drug-likeness (QED) is 0.739. The Balaban J connectivity index is 2.51. The Morgan fingerprint density at radius 2 is 1.94 bits per heavy atom. The fraction of sp³-hybridized carbons (Fsp3) is 0.923. The minimum Gasteiger partial charge on any atom is -0.377 e. The molecule has 1 unspecified atom stereocenters. The van der Waals surface area contributed by atoms with Gasteiger partial charge in [0.2, 0.25) is 5.91 Å². The van der Waals surface area contributed by atoms with Gasteiger partial charge in [-0.3, -0.25) is 4.79 Å². The van der Waals surface area contributed by atoms with Gasteiger partial charge in [0.05, 0.1) is 31.0 Å². The van der Waals surface area contributed by atoms with Gasteiger partial charge in [-0.15, -0.1) is 0 Å². The van der Waals surface area contributed by atoms with Gasteiger partial charge in [0.1, 0.15) is 0 Å². The molecule has 1 aliphatic heterocycles. The Morgan fingerprint density at radius 1 is 1.29 bits per heavy atom. The third kappa shape index (κ3) is 4.64. The molecule has 1 saturated heterocycles. The summed E-state index contributed by atoms with van der Waals surface area (Å²) in [7, 11) is 0. The van der Waals surface area contributed by atoms with Gasteiger partial charge < -0.3 is 14.4 Å². The number of hydrogen-bond donors (Lipinski definition) is 0. The number of likely N-dealkylation sites (tertiary alicyclic amines) is 1. The topological polar surface area (TPSA) is 38.8 Å². The fourth-order valence-corrected chi connectivity index (χ4v) is 2.20. The molecule has 0 aromatic carbocycles. The van der Waals surface area contributed by atoms with Crippen molar-refractivity contribution < 1.29 is 14.3 Å². The van der Waals surface area contributed by atoms with E-state index in [0.717, 1.165) is 6.42 Å². The molecule has 0 aromatic heterocycles. The lowest BCUT2D eigenvalue weighted by Gasteiger charge is -2.23. The monoisotopic (exact) mass is 243 g/mol. The first-order chi connectivity index (χ1) is 7.90. The fourth-order valence-electron chi connectivity index (χ4n) is 2.20. The van der Waals surface area contributed by atoms with E-state index in [-0.39, 0.29) is 30.3 Å². The van der Waals surface area contributed by atoms with Crippen molar-refractivity contribution in [2.45, 2.75) is 65.4 Å². The van der Waals surface area contributed by atoms with E-state index in [0.29, 0.717) is 13.2 Å². The van der Waals surface area contributed by atoms with Crippen molar-refractivity contribution in [3.05, 3.63) is 0 Å². The highest BCUT2D eigenvalue weighted by Crippen LogP contribution is 2.22. The van der Waals surface area contributed by atoms with E-state index in [2.05, 4.69) is 0 Å². The van der Waals surface area contributed by atoms with Crippen LogP contribution in [0, 0.1) is 0 Å². The molecule has 0 radical (unpaired) electrons. The summed E-state index contributed by atoms with van der Waals surface area (Å²) in [5, 5.41) is 0. The summed E-state index contributed by atoms with van der Waals surface area (Å²) < 4.78 is 11.4. The Bertz CT molecular complexity index is 253. The van der Waals surface area contributed by atoms with Crippen molar-refractivity contribution in [2.75, 3.05) is 13.2 Å². The molecule has 0 bridgehead atoms. The van der Waals surface area contributed by atoms with Gasteiger partial charge in [0.25, 0.3) is 0 Å². The summed E-state index contributed by atoms with van der Waals surface area (Å²) in [5.41, 5.74) is 0. The number of amides is 1. The molecule has 100 valence electrons. The first-order valence-corrected chi connectivity index (χ1v) is 6.44. The van der Waals surface area contributed by atoms with Crippen LogP contribution < -0.4 is 0 Å². The zero-order valence-electron chi connectivity index (χ0n) is 11.6. The van der Waals surface area contributed by atoms with Gasteiger partial charge in [-0.05, 0) is 34.1 Å². The number of ether oxygens (including phenoxy) is 2. The van der Waals surface area contributed by atoms with Crippen LogP contribution in [0.15, 0.2) is 0 Å². The van der Waals surface area contributed by atoms with Gasteiger partial charge in [-0.1, -0.05) is 0 Å². The van der Waals surface area contributed by atoms with E-state index in [4.69, 9.17) is 9.47 Å². The maximum Gasteiger partial charge on any atom is 0.219 e. The van der Waals surface area contributed by atoms with Crippen LogP contribution in [0.3, 0.4) is 0 Å². The summed E-state index contributed by atoms with van der Waals surface area (Å²) in [6.45, 7) is 11.0. The highest BCUT2D eigenvalue weighted by molar-refractivity contribution is 5.74. The van der Waals surface area contributed by atoms with Crippen molar-refractivity contribution >= 4 is 5.91 Å². The minimum absolute atomic E-state index is 0.109. The summed E-state index contributed by atoms with van der Waals surface area (Å²) in [6.07, 6.45) is 1.44. The van der Waals surface area contributed by atoms with Crippen molar-refractivity contribution in [3.63, 3.8) is 0 Å². The van der Waals surface area contributed by atoms with E-state index in [1.807, 2.05) is 32.6 Å². The van der Waals surface area contributed by atoms with Crippen LogP contribution in [0.1, 0.15) is 41.0 Å². The number of carbonyl (C=O) groups excluding carboxylic acids is 1. The highest BCUT2D eigenvalue weighted by Gasteiger charge is 2.34. The van der Waals surface area contributed by atoms with Crippen molar-refractivity contribution in [3.8, 4) is 0 Å². The highest BCUT2D eigenvalue weighted by atomic mass is 16.5. The van der Waals surface area contributed by atoms with Crippen LogP contribution in [0.2, 0.25) is 0 Å². The van der Waals surface area contributed by atoms with Crippen LogP contribution in [0.5, 0.6) is 0 Å². The second kappa shape index (κ2) is 6.36. The number of carbonyl (C=O) groups is 1. The Hall–Kier alpha value is -0.610. The minimum atomic E-state index is 0.109. The molecule has 4 nitrogen and oxygen atoms in total. The summed E-state index contributed by atoms with van der Waals surface area (Å²) >= 11 is 0. The zero-order valence-corrected chi connectivity index (χ0v) is 11.6. The molecule has 1 fully saturated rings. The first kappa shape index (κ1) is 14.5. The maximum absolute atomic E-state index is 11.5. The molecule has 4 heteroatoms. The normalized spacial score (nSPS) is 25.0. The second-order valence-corrected chi connectivity index (χ2v) is 5.25. The smallest absolute Gasteiger partial charge is 0.219 e. The maximum atomic E-state index is 11.5. The van der Waals surface area contributed by atoms with E-state index in [1.54, 1.807) is 6.92 Å². The zero-order chi connectivity index (χ0) is 13.0. The standard InChI is InChI=1S/C13H25NO3/c1-9(2)16-8-12-6-13(17-10(3)4)7-14(12)11(5)15/h9-10,12-13H,6-8H2,1-5H3/t12-,13?/m0/s1. The van der Waals surface area contributed by atoms with Crippen molar-refractivity contribution in [1.82, 2.24) is 4.90 Å². The summed E-state index contributed by atoms with van der Waals surface area (Å²) in [6, 6.07) is 0.165. The van der Waals surface area contributed by atoms with Gasteiger partial charge in [0.15, 0.2) is 0 Å². The molecule has 2 atom stereocenters. The average Bonchev–Trinajstić information content (AvgIpc) is 2.57. The molecule has 1 heterocycles. The molecule has 0 saturated carbocycles. The molecule has 1 amide bonds. The van der Waals surface area contributed by atoms with Crippen LogP contribution in [0.4, 0.5) is 0 Å². The molecule has 1 aliphatic rings. The van der Waals surface area contributed by atoms with E-state index < -0.39 is 0 Å². The molecule has 0 spiro atoms. The number of nitrogens with zero attached hydrogens (tertiary/aromatic N) is 1. The molecular weight excluding hydrogens is 218 g/mol. The summed E-state index contributed by atoms with van der Waals surface area (Å²) in [5.74, 6) is 0.109. The molecule has 17 heavy (non-hydrogen) atoms. The molecule has 0 aliphatic carbocycles. The number of hydrogen-bond acceptors (Lipinski definition) is 3. The lowest BCUT2D eigenvalue weighted by molar-refractivity contribution is -0.131. The predicted octanol–water partition coefficient (Wildman–Crippen LogP) is 1.83. The van der Waals surface area contributed by atoms with Gasteiger partial charge in [-0.2, -0.15) is 0 Å². The molecule has 0 aromatic rings. The van der Waals surface area contributed by atoms with Crippen molar-refractivity contribution in [2.24, 2.45) is 0 Å². The molecular formula is C13H25NO3. The molecule has 0 N–H and O–H groups in total. The average molecular weight is 243 g/mol. The Morgan fingerprint density at radius 3 is 2.41 bits per heavy atom.